The molecule has 0 amide bonds. The number of nitrogens with two attached hydrogens (primary N) is 1. The number of nitrogens with zero attached hydrogens (tertiary/aromatic N) is 4. The van der Waals surface area contributed by atoms with Gasteiger partial charge in [0.25, 0.3) is 5.89 Å². The molecular weight excluding hydrogens is 262 g/mol. The minimum atomic E-state index is -0.439. The van der Waals surface area contributed by atoms with E-state index in [2.05, 4.69) is 26.7 Å². The van der Waals surface area contributed by atoms with Crippen LogP contribution < -0.4 is 5.73 Å². The van der Waals surface area contributed by atoms with Crippen molar-refractivity contribution in [2.75, 3.05) is 0 Å². The van der Waals surface area contributed by atoms with Crippen LogP contribution in [0, 0.1) is 5.92 Å². The Morgan fingerprint density at radius 2 is 2.26 bits per heavy atom. The summed E-state index contributed by atoms with van der Waals surface area (Å²) in [4.78, 5) is 5.21. The summed E-state index contributed by atoms with van der Waals surface area (Å²) < 4.78 is 9.06. The van der Waals surface area contributed by atoms with E-state index in [1.807, 2.05) is 0 Å². The van der Waals surface area contributed by atoms with Gasteiger partial charge in [-0.15, -0.1) is 5.10 Å². The Morgan fingerprint density at radius 3 is 2.89 bits per heavy atom. The first-order valence-corrected chi connectivity index (χ1v) is 7.39. The fourth-order valence-electron chi connectivity index (χ4n) is 2.61. The molecule has 0 aromatic carbocycles. The minimum Gasteiger partial charge on any atom is -0.333 e. The van der Waals surface area contributed by atoms with E-state index < -0.39 is 5.54 Å². The van der Waals surface area contributed by atoms with Gasteiger partial charge in [0.1, 0.15) is 4.88 Å². The molecule has 0 atom stereocenters. The maximum atomic E-state index is 6.45. The van der Waals surface area contributed by atoms with E-state index in [-0.39, 0.29) is 0 Å². The second-order valence-electron chi connectivity index (χ2n) is 5.21. The second kappa shape index (κ2) is 4.97. The van der Waals surface area contributed by atoms with Gasteiger partial charge in [-0.1, -0.05) is 23.0 Å². The van der Waals surface area contributed by atoms with Crippen LogP contribution in [0.5, 0.6) is 0 Å². The van der Waals surface area contributed by atoms with Crippen molar-refractivity contribution in [3.63, 3.8) is 0 Å². The fourth-order valence-corrected chi connectivity index (χ4v) is 3.05. The van der Waals surface area contributed by atoms with E-state index in [4.69, 9.17) is 10.3 Å². The van der Waals surface area contributed by atoms with Gasteiger partial charge in [0.05, 0.1) is 11.7 Å². The van der Waals surface area contributed by atoms with Gasteiger partial charge in [0, 0.05) is 0 Å². The van der Waals surface area contributed by atoms with Crippen molar-refractivity contribution in [3.8, 4) is 10.8 Å². The molecule has 1 aliphatic rings. The van der Waals surface area contributed by atoms with Crippen LogP contribution in [0.15, 0.2) is 10.7 Å². The van der Waals surface area contributed by atoms with Crippen molar-refractivity contribution >= 4 is 11.5 Å². The number of aromatic nitrogens is 4. The minimum absolute atomic E-state index is 0.439. The zero-order chi connectivity index (χ0) is 13.3. The van der Waals surface area contributed by atoms with Gasteiger partial charge in [-0.3, -0.25) is 0 Å². The fraction of sp³-hybridized carbons (Fsp3) is 0.667. The molecule has 0 spiro atoms. The van der Waals surface area contributed by atoms with Crippen molar-refractivity contribution in [1.82, 2.24) is 19.7 Å². The second-order valence-corrected chi connectivity index (χ2v) is 6.00. The first-order valence-electron chi connectivity index (χ1n) is 6.62. The standard InChI is InChI=1S/C12H17N5OS/c1-2-8-3-5-12(13,6-4-8)11-15-10(18-16-11)9-7-14-17-19-9/h7-8H,2-6,13H2,1H3. The Hall–Kier alpha value is -1.34. The van der Waals surface area contributed by atoms with Gasteiger partial charge in [-0.05, 0) is 43.1 Å². The van der Waals surface area contributed by atoms with Crippen LogP contribution in [0.4, 0.5) is 0 Å². The summed E-state index contributed by atoms with van der Waals surface area (Å²) in [5.74, 6) is 1.87. The predicted molar refractivity (Wildman–Crippen MR) is 71.3 cm³/mol. The molecular formula is C12H17N5OS. The molecule has 2 heterocycles. The maximum Gasteiger partial charge on any atom is 0.271 e. The molecule has 0 radical (unpaired) electrons. The Balaban J connectivity index is 1.79. The van der Waals surface area contributed by atoms with Crippen molar-refractivity contribution in [3.05, 3.63) is 12.0 Å². The van der Waals surface area contributed by atoms with Gasteiger partial charge in [0.2, 0.25) is 0 Å². The normalized spacial score (nSPS) is 27.6. The third kappa shape index (κ3) is 2.40. The molecule has 2 aromatic heterocycles. The van der Waals surface area contributed by atoms with Crippen LogP contribution in [0.3, 0.4) is 0 Å². The molecule has 102 valence electrons. The van der Waals surface area contributed by atoms with E-state index in [1.54, 1.807) is 6.20 Å². The maximum absolute atomic E-state index is 6.45. The molecule has 7 heteroatoms. The summed E-state index contributed by atoms with van der Waals surface area (Å²) in [5, 5.41) is 7.83. The summed E-state index contributed by atoms with van der Waals surface area (Å²) in [6.45, 7) is 2.23. The molecule has 2 N–H and O–H groups in total. The largest absolute Gasteiger partial charge is 0.333 e. The van der Waals surface area contributed by atoms with Crippen LogP contribution in [0.1, 0.15) is 44.9 Å². The average molecular weight is 279 g/mol. The molecule has 0 saturated heterocycles. The third-order valence-corrected chi connectivity index (χ3v) is 4.67. The lowest BCUT2D eigenvalue weighted by molar-refractivity contribution is 0.216. The summed E-state index contributed by atoms with van der Waals surface area (Å²) in [5.41, 5.74) is 6.01. The Labute approximate surface area is 115 Å². The molecule has 19 heavy (non-hydrogen) atoms. The lowest BCUT2D eigenvalue weighted by Crippen LogP contribution is -2.41. The highest BCUT2D eigenvalue weighted by molar-refractivity contribution is 7.09. The van der Waals surface area contributed by atoms with Crippen molar-refractivity contribution in [2.24, 2.45) is 11.7 Å². The molecule has 6 nitrogen and oxygen atoms in total. The van der Waals surface area contributed by atoms with Crippen LogP contribution in [0.2, 0.25) is 0 Å². The van der Waals surface area contributed by atoms with Gasteiger partial charge < -0.3 is 10.3 Å². The van der Waals surface area contributed by atoms with Gasteiger partial charge in [-0.25, -0.2) is 0 Å². The molecule has 1 aliphatic carbocycles. The number of rotatable bonds is 3. The summed E-state index contributed by atoms with van der Waals surface area (Å²) in [7, 11) is 0. The van der Waals surface area contributed by atoms with Crippen molar-refractivity contribution in [1.29, 1.82) is 0 Å². The first-order chi connectivity index (χ1) is 9.21. The lowest BCUT2D eigenvalue weighted by atomic mass is 9.76. The Kier molecular flexibility index (Phi) is 3.32. The highest BCUT2D eigenvalue weighted by Crippen LogP contribution is 2.38. The Bertz CT molecular complexity index is 530. The lowest BCUT2D eigenvalue weighted by Gasteiger charge is -2.34. The monoisotopic (exact) mass is 279 g/mol. The van der Waals surface area contributed by atoms with Crippen LogP contribution in [-0.4, -0.2) is 19.7 Å². The van der Waals surface area contributed by atoms with E-state index in [1.165, 1.54) is 18.0 Å². The van der Waals surface area contributed by atoms with Crippen molar-refractivity contribution < 1.29 is 4.52 Å². The highest BCUT2D eigenvalue weighted by atomic mass is 32.1. The number of hydrogen-bond acceptors (Lipinski definition) is 7. The average Bonchev–Trinajstić information content (AvgIpc) is 3.10. The van der Waals surface area contributed by atoms with E-state index in [9.17, 15) is 0 Å². The van der Waals surface area contributed by atoms with E-state index in [0.717, 1.165) is 36.5 Å². The summed E-state index contributed by atoms with van der Waals surface area (Å²) >= 11 is 1.24. The van der Waals surface area contributed by atoms with Crippen LogP contribution >= 0.6 is 11.5 Å². The quantitative estimate of drug-likeness (QED) is 0.927. The number of hydrogen-bond donors (Lipinski definition) is 1. The van der Waals surface area contributed by atoms with E-state index >= 15 is 0 Å². The topological polar surface area (TPSA) is 90.7 Å². The molecule has 0 unspecified atom stereocenters. The van der Waals surface area contributed by atoms with Crippen molar-refractivity contribution in [2.45, 2.75) is 44.6 Å². The SMILES string of the molecule is CCC1CCC(N)(c2noc(-c3cnns3)n2)CC1. The summed E-state index contributed by atoms with van der Waals surface area (Å²) in [6.07, 6.45) is 6.97. The predicted octanol–water partition coefficient (Wildman–Crippen LogP) is 2.34. The third-order valence-electron chi connectivity index (χ3n) is 4.02. The van der Waals surface area contributed by atoms with Crippen LogP contribution in [-0.2, 0) is 5.54 Å². The molecule has 0 bridgehead atoms. The zero-order valence-electron chi connectivity index (χ0n) is 10.9. The summed E-state index contributed by atoms with van der Waals surface area (Å²) in [6, 6.07) is 0. The molecule has 3 rings (SSSR count). The van der Waals surface area contributed by atoms with E-state index in [0.29, 0.717) is 11.7 Å². The van der Waals surface area contributed by atoms with Gasteiger partial charge in [-0.2, -0.15) is 4.98 Å². The Morgan fingerprint density at radius 1 is 1.47 bits per heavy atom. The molecule has 1 fully saturated rings. The van der Waals surface area contributed by atoms with Gasteiger partial charge >= 0.3 is 0 Å². The van der Waals surface area contributed by atoms with Crippen LogP contribution in [0.25, 0.3) is 10.8 Å². The molecule has 0 aliphatic heterocycles. The zero-order valence-corrected chi connectivity index (χ0v) is 11.7. The highest BCUT2D eigenvalue weighted by Gasteiger charge is 2.37. The van der Waals surface area contributed by atoms with Gasteiger partial charge in [0.15, 0.2) is 5.82 Å². The molecule has 1 saturated carbocycles. The first kappa shape index (κ1) is 12.7. The smallest absolute Gasteiger partial charge is 0.271 e. The molecule has 2 aromatic rings.